The molecule has 0 atom stereocenters. The molecule has 0 unspecified atom stereocenters. The quantitative estimate of drug-likeness (QED) is 0.417. The highest BCUT2D eigenvalue weighted by Crippen LogP contribution is 2.22. The smallest absolute Gasteiger partial charge is 0.0348 e. The van der Waals surface area contributed by atoms with E-state index in [0.717, 1.165) is 0 Å². The minimum atomic E-state index is 0.524. The molecule has 0 radical (unpaired) electrons. The van der Waals surface area contributed by atoms with E-state index in [0.29, 0.717) is 5.41 Å². The summed E-state index contributed by atoms with van der Waals surface area (Å²) >= 11 is 0. The van der Waals surface area contributed by atoms with Crippen molar-refractivity contribution >= 4 is 0 Å². The van der Waals surface area contributed by atoms with Gasteiger partial charge in [-0.05, 0) is 38.5 Å². The molecule has 0 heteroatoms. The predicted molar refractivity (Wildman–Crippen MR) is 62.0 cm³/mol. The highest BCUT2D eigenvalue weighted by atomic mass is 14.1. The minimum Gasteiger partial charge on any atom is -0.0859 e. The Morgan fingerprint density at radius 2 is 1.62 bits per heavy atom. The molecule has 0 N–H and O–H groups in total. The highest BCUT2D eigenvalue weighted by molar-refractivity contribution is 4.92. The number of hydrogen-bond donors (Lipinski definition) is 0. The Morgan fingerprint density at radius 1 is 1.00 bits per heavy atom. The monoisotopic (exact) mass is 182 g/mol. The number of allylic oxidation sites excluding steroid dienone is 2. The van der Waals surface area contributed by atoms with Gasteiger partial charge in [0.2, 0.25) is 0 Å². The van der Waals surface area contributed by atoms with Crippen molar-refractivity contribution in [1.29, 1.82) is 0 Å². The van der Waals surface area contributed by atoms with E-state index in [1.807, 2.05) is 0 Å². The molecule has 0 nitrogen and oxygen atoms in total. The molecule has 78 valence electrons. The van der Waals surface area contributed by atoms with Gasteiger partial charge in [-0.3, -0.25) is 0 Å². The fraction of sp³-hybridized carbons (Fsp3) is 0.846. The Labute approximate surface area is 84.4 Å². The van der Waals surface area contributed by atoms with Gasteiger partial charge in [-0.1, -0.05) is 45.3 Å². The highest BCUT2D eigenvalue weighted by Gasteiger charge is 2.08. The molecule has 0 amide bonds. The number of hydrogen-bond acceptors (Lipinski definition) is 0. The zero-order valence-corrected chi connectivity index (χ0v) is 10.1. The third-order valence-electron chi connectivity index (χ3n) is 2.18. The van der Waals surface area contributed by atoms with Crippen LogP contribution in [0.3, 0.4) is 0 Å². The number of rotatable bonds is 5. The molecule has 0 aliphatic heterocycles. The topological polar surface area (TPSA) is 0 Å². The predicted octanol–water partition coefficient (Wildman–Crippen LogP) is 4.95. The summed E-state index contributed by atoms with van der Waals surface area (Å²) in [6.45, 7) is 11.3. The molecular formula is C13H26. The summed E-state index contributed by atoms with van der Waals surface area (Å²) in [5.74, 6) is 0. The summed E-state index contributed by atoms with van der Waals surface area (Å²) in [4.78, 5) is 0. The van der Waals surface area contributed by atoms with Gasteiger partial charge in [0.15, 0.2) is 0 Å². The number of unbranched alkanes of at least 4 members (excludes halogenated alkanes) is 3. The van der Waals surface area contributed by atoms with E-state index in [-0.39, 0.29) is 0 Å². The maximum atomic E-state index is 2.34. The van der Waals surface area contributed by atoms with Gasteiger partial charge in [-0.2, -0.15) is 0 Å². The van der Waals surface area contributed by atoms with Gasteiger partial charge in [0, 0.05) is 0 Å². The van der Waals surface area contributed by atoms with Crippen molar-refractivity contribution in [2.45, 2.75) is 66.7 Å². The van der Waals surface area contributed by atoms with E-state index in [2.05, 4.69) is 40.7 Å². The molecule has 0 saturated carbocycles. The minimum absolute atomic E-state index is 0.524. The van der Waals surface area contributed by atoms with E-state index in [1.165, 1.54) is 37.7 Å². The Morgan fingerprint density at radius 3 is 2.08 bits per heavy atom. The molecular weight excluding hydrogens is 156 g/mol. The average molecular weight is 182 g/mol. The fourth-order valence-electron chi connectivity index (χ4n) is 1.37. The Hall–Kier alpha value is -0.260. The normalized spacial score (nSPS) is 11.5. The summed E-state index contributed by atoms with van der Waals surface area (Å²) in [7, 11) is 0. The van der Waals surface area contributed by atoms with Gasteiger partial charge < -0.3 is 0 Å². The van der Waals surface area contributed by atoms with Crippen LogP contribution in [-0.4, -0.2) is 0 Å². The fourth-order valence-corrected chi connectivity index (χ4v) is 1.37. The zero-order chi connectivity index (χ0) is 10.3. The molecule has 0 saturated heterocycles. The second-order valence-electron chi connectivity index (χ2n) is 5.44. The van der Waals surface area contributed by atoms with E-state index in [1.54, 1.807) is 0 Å². The van der Waals surface area contributed by atoms with Crippen LogP contribution in [0.4, 0.5) is 0 Å². The maximum Gasteiger partial charge on any atom is -0.0348 e. The third-order valence-corrected chi connectivity index (χ3v) is 2.18. The van der Waals surface area contributed by atoms with Crippen LogP contribution in [0.5, 0.6) is 0 Å². The van der Waals surface area contributed by atoms with Crippen molar-refractivity contribution in [2.75, 3.05) is 0 Å². The molecule has 0 aliphatic rings. The van der Waals surface area contributed by atoms with E-state index in [4.69, 9.17) is 0 Å². The van der Waals surface area contributed by atoms with Crippen molar-refractivity contribution in [3.8, 4) is 0 Å². The van der Waals surface area contributed by atoms with Crippen LogP contribution in [0.15, 0.2) is 11.6 Å². The summed E-state index contributed by atoms with van der Waals surface area (Å²) in [5.41, 5.74) is 1.98. The Kier molecular flexibility index (Phi) is 6.11. The van der Waals surface area contributed by atoms with E-state index < -0.39 is 0 Å². The lowest BCUT2D eigenvalue weighted by atomic mass is 9.89. The van der Waals surface area contributed by atoms with E-state index >= 15 is 0 Å². The lowest BCUT2D eigenvalue weighted by molar-refractivity contribution is 0.358. The second kappa shape index (κ2) is 6.23. The molecule has 0 aromatic heterocycles. The lowest BCUT2D eigenvalue weighted by Crippen LogP contribution is -2.03. The second-order valence-corrected chi connectivity index (χ2v) is 5.44. The molecule has 0 rings (SSSR count). The van der Waals surface area contributed by atoms with Crippen LogP contribution in [0.25, 0.3) is 0 Å². The van der Waals surface area contributed by atoms with Crippen LogP contribution in [0, 0.1) is 5.41 Å². The first kappa shape index (κ1) is 12.7. The molecule has 0 aromatic carbocycles. The molecule has 0 bridgehead atoms. The Balaban J connectivity index is 3.23. The third kappa shape index (κ3) is 11.7. The van der Waals surface area contributed by atoms with Gasteiger partial charge >= 0.3 is 0 Å². The lowest BCUT2D eigenvalue weighted by Gasteiger charge is -2.17. The maximum absolute atomic E-state index is 2.34. The van der Waals surface area contributed by atoms with Crippen molar-refractivity contribution < 1.29 is 0 Å². The van der Waals surface area contributed by atoms with Gasteiger partial charge in [0.25, 0.3) is 0 Å². The standard InChI is InChI=1S/C13H26/c1-12(2)10-8-6-7-9-11-13(3,4)5/h10H,6-9,11H2,1-5H3. The van der Waals surface area contributed by atoms with Gasteiger partial charge in [-0.15, -0.1) is 0 Å². The van der Waals surface area contributed by atoms with Crippen molar-refractivity contribution in [1.82, 2.24) is 0 Å². The average Bonchev–Trinajstić information content (AvgIpc) is 1.93. The molecule has 0 aromatic rings. The van der Waals surface area contributed by atoms with Crippen molar-refractivity contribution in [3.05, 3.63) is 11.6 Å². The van der Waals surface area contributed by atoms with Crippen LogP contribution in [0.2, 0.25) is 0 Å². The largest absolute Gasteiger partial charge is 0.0859 e. The molecule has 13 heavy (non-hydrogen) atoms. The first-order valence-corrected chi connectivity index (χ1v) is 5.55. The summed E-state index contributed by atoms with van der Waals surface area (Å²) in [5, 5.41) is 0. The molecule has 0 fully saturated rings. The van der Waals surface area contributed by atoms with Crippen molar-refractivity contribution in [2.24, 2.45) is 5.41 Å². The zero-order valence-electron chi connectivity index (χ0n) is 10.1. The van der Waals surface area contributed by atoms with Crippen molar-refractivity contribution in [3.63, 3.8) is 0 Å². The van der Waals surface area contributed by atoms with Gasteiger partial charge in [-0.25, -0.2) is 0 Å². The van der Waals surface area contributed by atoms with Crippen LogP contribution >= 0.6 is 0 Å². The first-order chi connectivity index (χ1) is 5.92. The van der Waals surface area contributed by atoms with Crippen LogP contribution < -0.4 is 0 Å². The molecule has 0 spiro atoms. The van der Waals surface area contributed by atoms with Gasteiger partial charge in [0.1, 0.15) is 0 Å². The Bertz CT molecular complexity index is 142. The summed E-state index contributed by atoms with van der Waals surface area (Å²) in [6.07, 6.45) is 9.12. The summed E-state index contributed by atoms with van der Waals surface area (Å²) in [6, 6.07) is 0. The molecule has 0 heterocycles. The molecule has 0 aliphatic carbocycles. The summed E-state index contributed by atoms with van der Waals surface area (Å²) < 4.78 is 0. The van der Waals surface area contributed by atoms with Gasteiger partial charge in [0.05, 0.1) is 0 Å². The van der Waals surface area contributed by atoms with Crippen LogP contribution in [0.1, 0.15) is 66.7 Å². The van der Waals surface area contributed by atoms with Crippen LogP contribution in [-0.2, 0) is 0 Å². The SMILES string of the molecule is CC(C)=CCCCCCC(C)(C)C. The van der Waals surface area contributed by atoms with E-state index in [9.17, 15) is 0 Å². The first-order valence-electron chi connectivity index (χ1n) is 5.55.